The number of anilines is 2. The number of hydrogen-bond donors (Lipinski definition) is 1. The van der Waals surface area contributed by atoms with Crippen LogP contribution in [0.5, 0.6) is 0 Å². The molecule has 0 atom stereocenters. The Morgan fingerprint density at radius 2 is 1.60 bits per heavy atom. The molecule has 16 heteroatoms. The Hall–Kier alpha value is -3.75. The van der Waals surface area contributed by atoms with Crippen molar-refractivity contribution < 1.29 is 40.0 Å². The summed E-state index contributed by atoms with van der Waals surface area (Å²) in [7, 11) is 0. The molecular weight excluding hydrogens is 520 g/mol. The Morgan fingerprint density at radius 3 is 2.11 bits per heavy atom. The topological polar surface area (TPSA) is 90.1 Å². The molecule has 0 aliphatic heterocycles. The van der Waals surface area contributed by atoms with Crippen LogP contribution in [0.3, 0.4) is 0 Å². The van der Waals surface area contributed by atoms with Crippen molar-refractivity contribution in [1.29, 1.82) is 0 Å². The predicted octanol–water partition coefficient (Wildman–Crippen LogP) is 5.91. The number of halogens is 9. The van der Waals surface area contributed by atoms with Crippen LogP contribution in [0.25, 0.3) is 0 Å². The van der Waals surface area contributed by atoms with Crippen LogP contribution in [0, 0.1) is 21.7 Å². The first-order valence-electron chi connectivity index (χ1n) is 9.03. The number of nitrogens with zero attached hydrogens (tertiary/aromatic N) is 3. The monoisotopic (exact) mass is 528 g/mol. The van der Waals surface area contributed by atoms with Crippen molar-refractivity contribution in [2.45, 2.75) is 18.9 Å². The van der Waals surface area contributed by atoms with Crippen LogP contribution in [0.15, 0.2) is 41.2 Å². The third kappa shape index (κ3) is 5.67. The number of nitro groups is 1. The molecule has 0 saturated heterocycles. The fourth-order valence-corrected chi connectivity index (χ4v) is 3.18. The van der Waals surface area contributed by atoms with Crippen LogP contribution < -0.4 is 10.9 Å². The van der Waals surface area contributed by atoms with E-state index in [1.807, 2.05) is 5.32 Å². The molecule has 7 nitrogen and oxygen atoms in total. The molecular formula is C19H9ClF8N4O3. The van der Waals surface area contributed by atoms with Gasteiger partial charge < -0.3 is 5.32 Å². The van der Waals surface area contributed by atoms with Gasteiger partial charge in [0.25, 0.3) is 11.2 Å². The minimum atomic E-state index is -5.27. The third-order valence-electron chi connectivity index (χ3n) is 4.41. The molecule has 0 bridgehead atoms. The Labute approximate surface area is 193 Å². The number of hydrogen-bond acceptors (Lipinski definition) is 5. The second-order valence-corrected chi connectivity index (χ2v) is 7.25. The number of alkyl halides is 6. The first kappa shape index (κ1) is 25.9. The van der Waals surface area contributed by atoms with E-state index in [2.05, 4.69) is 4.98 Å². The second kappa shape index (κ2) is 9.13. The fraction of sp³-hybridized carbons (Fsp3) is 0.158. The lowest BCUT2D eigenvalue weighted by Gasteiger charge is -2.18. The van der Waals surface area contributed by atoms with Gasteiger partial charge in [0.15, 0.2) is 5.69 Å². The standard InChI is InChI=1S/C19H9ClF8N4O3/c20-14-15(19(26,27)28)30-17(31(16(14)33)7-8-3-10(21)6-11(22)4-8)29-12-2-1-9(18(23,24)25)5-13(12)32(34)35/h1-6H,7H2,(H,29,30). The van der Waals surface area contributed by atoms with Gasteiger partial charge in [-0.1, -0.05) is 11.6 Å². The van der Waals surface area contributed by atoms with Crippen molar-refractivity contribution in [1.82, 2.24) is 9.55 Å². The summed E-state index contributed by atoms with van der Waals surface area (Å²) in [6.45, 7) is -0.810. The lowest BCUT2D eigenvalue weighted by atomic mass is 10.1. The molecule has 186 valence electrons. The zero-order chi connectivity index (χ0) is 26.3. The summed E-state index contributed by atoms with van der Waals surface area (Å²) < 4.78 is 106. The van der Waals surface area contributed by atoms with E-state index in [0.717, 1.165) is 12.1 Å². The first-order chi connectivity index (χ1) is 16.1. The van der Waals surface area contributed by atoms with Crippen molar-refractivity contribution in [3.05, 3.63) is 90.3 Å². The van der Waals surface area contributed by atoms with Gasteiger partial charge in [0.1, 0.15) is 22.3 Å². The number of nitrogens with one attached hydrogen (secondary N) is 1. The molecule has 0 spiro atoms. The number of benzene rings is 2. The molecule has 1 aromatic heterocycles. The summed E-state index contributed by atoms with van der Waals surface area (Å²) in [6.07, 6.45) is -10.3. The van der Waals surface area contributed by atoms with Gasteiger partial charge in [-0.05, 0) is 29.8 Å². The van der Waals surface area contributed by atoms with Crippen LogP contribution >= 0.6 is 11.6 Å². The molecule has 0 saturated carbocycles. The van der Waals surface area contributed by atoms with Crippen molar-refractivity contribution in [3.63, 3.8) is 0 Å². The second-order valence-electron chi connectivity index (χ2n) is 6.88. The minimum absolute atomic E-state index is 0.118. The van der Waals surface area contributed by atoms with Crippen LogP contribution in [-0.4, -0.2) is 14.5 Å². The van der Waals surface area contributed by atoms with E-state index in [-0.39, 0.29) is 11.6 Å². The highest BCUT2D eigenvalue weighted by Gasteiger charge is 2.38. The molecule has 0 radical (unpaired) electrons. The van der Waals surface area contributed by atoms with E-state index in [9.17, 15) is 50.0 Å². The molecule has 1 N–H and O–H groups in total. The Bertz CT molecular complexity index is 1350. The predicted molar refractivity (Wildman–Crippen MR) is 105 cm³/mol. The van der Waals surface area contributed by atoms with E-state index >= 15 is 0 Å². The molecule has 1 heterocycles. The lowest BCUT2D eigenvalue weighted by molar-refractivity contribution is -0.384. The van der Waals surface area contributed by atoms with Gasteiger partial charge in [-0.2, -0.15) is 26.3 Å². The van der Waals surface area contributed by atoms with E-state index < -0.39 is 74.6 Å². The molecule has 2 aromatic carbocycles. The summed E-state index contributed by atoms with van der Waals surface area (Å²) in [5, 5.41) is 11.9. The number of aromatic nitrogens is 2. The summed E-state index contributed by atoms with van der Waals surface area (Å²) in [5.41, 5.74) is -7.11. The molecule has 0 fully saturated rings. The Kier molecular flexibility index (Phi) is 6.75. The lowest BCUT2D eigenvalue weighted by Crippen LogP contribution is -2.29. The summed E-state index contributed by atoms with van der Waals surface area (Å²) in [5.74, 6) is -3.22. The maximum absolute atomic E-state index is 13.6. The Morgan fingerprint density at radius 1 is 1.00 bits per heavy atom. The average molecular weight is 529 g/mol. The van der Waals surface area contributed by atoms with E-state index in [1.165, 1.54) is 0 Å². The van der Waals surface area contributed by atoms with Gasteiger partial charge in [-0.3, -0.25) is 19.5 Å². The summed E-state index contributed by atoms with van der Waals surface area (Å²) in [4.78, 5) is 25.8. The summed E-state index contributed by atoms with van der Waals surface area (Å²) in [6, 6.07) is 3.03. The van der Waals surface area contributed by atoms with Gasteiger partial charge in [-0.15, -0.1) is 0 Å². The van der Waals surface area contributed by atoms with Crippen LogP contribution in [-0.2, 0) is 18.9 Å². The van der Waals surface area contributed by atoms with Crippen molar-refractivity contribution in [2.75, 3.05) is 5.32 Å². The summed E-state index contributed by atoms with van der Waals surface area (Å²) >= 11 is 5.51. The van der Waals surface area contributed by atoms with E-state index in [4.69, 9.17) is 11.6 Å². The van der Waals surface area contributed by atoms with Gasteiger partial charge in [-0.25, -0.2) is 13.8 Å². The van der Waals surface area contributed by atoms with Gasteiger partial charge >= 0.3 is 12.4 Å². The molecule has 0 aliphatic rings. The van der Waals surface area contributed by atoms with E-state index in [1.54, 1.807) is 0 Å². The van der Waals surface area contributed by atoms with Crippen molar-refractivity contribution >= 4 is 28.9 Å². The molecule has 0 unspecified atom stereocenters. The van der Waals surface area contributed by atoms with E-state index in [0.29, 0.717) is 22.8 Å². The molecule has 3 aromatic rings. The maximum atomic E-state index is 13.6. The highest BCUT2D eigenvalue weighted by molar-refractivity contribution is 6.31. The van der Waals surface area contributed by atoms with Gasteiger partial charge in [0, 0.05) is 12.1 Å². The normalized spacial score (nSPS) is 12.0. The van der Waals surface area contributed by atoms with Gasteiger partial charge in [0.05, 0.1) is 17.0 Å². The maximum Gasteiger partial charge on any atom is 0.435 e. The molecule has 0 amide bonds. The third-order valence-corrected chi connectivity index (χ3v) is 4.75. The quantitative estimate of drug-likeness (QED) is 0.252. The minimum Gasteiger partial charge on any atom is -0.320 e. The largest absolute Gasteiger partial charge is 0.435 e. The molecule has 35 heavy (non-hydrogen) atoms. The molecule has 3 rings (SSSR count). The zero-order valence-electron chi connectivity index (χ0n) is 16.6. The number of nitro benzene ring substituents is 1. The Balaban J connectivity index is 2.22. The smallest absolute Gasteiger partial charge is 0.320 e. The van der Waals surface area contributed by atoms with Crippen LogP contribution in [0.2, 0.25) is 5.02 Å². The zero-order valence-corrected chi connectivity index (χ0v) is 17.4. The van der Waals surface area contributed by atoms with Crippen LogP contribution in [0.1, 0.15) is 16.8 Å². The molecule has 0 aliphatic carbocycles. The highest BCUT2D eigenvalue weighted by Crippen LogP contribution is 2.37. The average Bonchev–Trinajstić information content (AvgIpc) is 2.71. The van der Waals surface area contributed by atoms with Crippen molar-refractivity contribution in [3.8, 4) is 0 Å². The first-order valence-corrected chi connectivity index (χ1v) is 9.41. The SMILES string of the molecule is O=c1c(Cl)c(C(F)(F)F)nc(Nc2ccc(C(F)(F)F)cc2[N+](=O)[O-])n1Cc1cc(F)cc(F)c1. The van der Waals surface area contributed by atoms with Gasteiger partial charge in [0.2, 0.25) is 5.95 Å². The van der Waals surface area contributed by atoms with Crippen LogP contribution in [0.4, 0.5) is 52.4 Å². The fourth-order valence-electron chi connectivity index (χ4n) is 2.93. The van der Waals surface area contributed by atoms with Crippen molar-refractivity contribution in [2.24, 2.45) is 0 Å². The highest BCUT2D eigenvalue weighted by atomic mass is 35.5. The number of rotatable bonds is 5.